The van der Waals surface area contributed by atoms with Crippen molar-refractivity contribution >= 4 is 38.3 Å². The van der Waals surface area contributed by atoms with Gasteiger partial charge in [0.25, 0.3) is 5.56 Å². The van der Waals surface area contributed by atoms with E-state index in [-0.39, 0.29) is 16.2 Å². The summed E-state index contributed by atoms with van der Waals surface area (Å²) in [6.45, 7) is 0. The first-order chi connectivity index (χ1) is 12.1. The quantitative estimate of drug-likeness (QED) is 0.508. The molecule has 5 nitrogen and oxygen atoms in total. The van der Waals surface area contributed by atoms with E-state index < -0.39 is 5.56 Å². The summed E-state index contributed by atoms with van der Waals surface area (Å²) in [5.74, 6) is 0. The number of halogens is 1. The van der Waals surface area contributed by atoms with E-state index in [4.69, 9.17) is 0 Å². The van der Waals surface area contributed by atoms with Gasteiger partial charge >= 0.3 is 5.56 Å². The molecule has 0 saturated heterocycles. The molecule has 2 aromatic heterocycles. The van der Waals surface area contributed by atoms with E-state index in [1.165, 1.54) is 4.52 Å². The highest BCUT2D eigenvalue weighted by Crippen LogP contribution is 2.16. The van der Waals surface area contributed by atoms with Crippen LogP contribution < -0.4 is 15.7 Å². The largest absolute Gasteiger partial charge is 0.300 e. The summed E-state index contributed by atoms with van der Waals surface area (Å²) in [6.07, 6.45) is 1.76. The molecule has 0 aliphatic heterocycles. The van der Waals surface area contributed by atoms with E-state index in [9.17, 15) is 9.59 Å². The Hall–Kier alpha value is -2.64. The minimum absolute atomic E-state index is 0.167. The van der Waals surface area contributed by atoms with Crippen molar-refractivity contribution in [1.82, 2.24) is 14.6 Å². The van der Waals surface area contributed by atoms with Gasteiger partial charge in [-0.15, -0.1) is 0 Å². The van der Waals surface area contributed by atoms with Crippen LogP contribution in [0.25, 0.3) is 22.3 Å². The fraction of sp³-hybridized carbons (Fsp3) is 0. The first-order valence-electron chi connectivity index (χ1n) is 7.39. The standard InChI is InChI=1S/C18H10BrN3O2S/c19-13-9-5-4-8-12(13)10-14-17(24)22-18(25-14)20-16(23)15(21-22)11-6-2-1-3-7-11/h1-10H. The molecule has 25 heavy (non-hydrogen) atoms. The summed E-state index contributed by atoms with van der Waals surface area (Å²) in [7, 11) is 0. The van der Waals surface area contributed by atoms with Crippen molar-refractivity contribution in [2.45, 2.75) is 0 Å². The van der Waals surface area contributed by atoms with E-state index in [2.05, 4.69) is 26.0 Å². The van der Waals surface area contributed by atoms with Crippen LogP contribution in [0, 0.1) is 0 Å². The molecule has 0 radical (unpaired) electrons. The van der Waals surface area contributed by atoms with Crippen LogP contribution in [0.1, 0.15) is 5.56 Å². The van der Waals surface area contributed by atoms with Crippen LogP contribution in [0.2, 0.25) is 0 Å². The molecule has 122 valence electrons. The molecule has 0 unspecified atom stereocenters. The van der Waals surface area contributed by atoms with Gasteiger partial charge in [0.1, 0.15) is 0 Å². The molecule has 4 rings (SSSR count). The second-order valence-electron chi connectivity index (χ2n) is 5.26. The van der Waals surface area contributed by atoms with Gasteiger partial charge in [0.05, 0.1) is 4.53 Å². The lowest BCUT2D eigenvalue weighted by Gasteiger charge is -1.98. The Morgan fingerprint density at radius 1 is 1.00 bits per heavy atom. The number of nitrogens with zero attached hydrogens (tertiary/aromatic N) is 3. The van der Waals surface area contributed by atoms with Crippen LogP contribution >= 0.6 is 27.3 Å². The molecule has 0 amide bonds. The predicted octanol–water partition coefficient (Wildman–Crippen LogP) is 2.49. The summed E-state index contributed by atoms with van der Waals surface area (Å²) in [6, 6.07) is 16.6. The summed E-state index contributed by atoms with van der Waals surface area (Å²) >= 11 is 4.61. The zero-order chi connectivity index (χ0) is 17.4. The van der Waals surface area contributed by atoms with Crippen LogP contribution in [-0.2, 0) is 0 Å². The molecule has 0 aliphatic carbocycles. The van der Waals surface area contributed by atoms with Gasteiger partial charge in [-0.25, -0.2) is 0 Å². The van der Waals surface area contributed by atoms with Gasteiger partial charge in [0, 0.05) is 10.0 Å². The zero-order valence-electron chi connectivity index (χ0n) is 12.7. The maximum atomic E-state index is 12.7. The van der Waals surface area contributed by atoms with E-state index >= 15 is 0 Å². The molecular formula is C18H10BrN3O2S. The molecule has 0 atom stereocenters. The highest BCUT2D eigenvalue weighted by Gasteiger charge is 2.12. The van der Waals surface area contributed by atoms with Crippen LogP contribution in [0.5, 0.6) is 0 Å². The van der Waals surface area contributed by atoms with E-state index in [1.54, 1.807) is 18.2 Å². The van der Waals surface area contributed by atoms with Crippen molar-refractivity contribution in [3.63, 3.8) is 0 Å². The fourth-order valence-electron chi connectivity index (χ4n) is 2.42. The number of aromatic nitrogens is 3. The van der Waals surface area contributed by atoms with E-state index in [1.807, 2.05) is 42.5 Å². The monoisotopic (exact) mass is 411 g/mol. The van der Waals surface area contributed by atoms with Gasteiger partial charge in [0.2, 0.25) is 4.96 Å². The minimum Gasteiger partial charge on any atom is -0.266 e. The first kappa shape index (κ1) is 15.9. The Bertz CT molecular complexity index is 1250. The lowest BCUT2D eigenvalue weighted by molar-refractivity contribution is 0.873. The molecule has 7 heteroatoms. The summed E-state index contributed by atoms with van der Waals surface area (Å²) in [5.41, 5.74) is 0.939. The Labute approximate surface area is 154 Å². The molecule has 0 fully saturated rings. The van der Waals surface area contributed by atoms with Crippen molar-refractivity contribution in [3.05, 3.63) is 89.9 Å². The normalized spacial score (nSPS) is 12.0. The van der Waals surface area contributed by atoms with Crippen LogP contribution in [-0.4, -0.2) is 14.6 Å². The van der Waals surface area contributed by atoms with Gasteiger partial charge in [-0.05, 0) is 17.7 Å². The summed E-state index contributed by atoms with van der Waals surface area (Å²) < 4.78 is 2.54. The average molecular weight is 412 g/mol. The molecule has 0 saturated carbocycles. The number of benzene rings is 2. The van der Waals surface area contributed by atoms with Gasteiger partial charge in [-0.3, -0.25) is 9.59 Å². The average Bonchev–Trinajstić information content (AvgIpc) is 2.92. The first-order valence-corrected chi connectivity index (χ1v) is 9.00. The van der Waals surface area contributed by atoms with Crippen LogP contribution in [0.3, 0.4) is 0 Å². The van der Waals surface area contributed by atoms with Crippen molar-refractivity contribution < 1.29 is 0 Å². The number of fused-ring (bicyclic) bond motifs is 1. The van der Waals surface area contributed by atoms with E-state index in [0.29, 0.717) is 10.1 Å². The minimum atomic E-state index is -0.445. The Morgan fingerprint density at radius 3 is 2.48 bits per heavy atom. The Morgan fingerprint density at radius 2 is 1.72 bits per heavy atom. The third kappa shape index (κ3) is 2.92. The third-order valence-corrected chi connectivity index (χ3v) is 5.31. The predicted molar refractivity (Wildman–Crippen MR) is 102 cm³/mol. The SMILES string of the molecule is O=c1nc2sc(=Cc3ccccc3Br)c(=O)n2nc1-c1ccccc1. The topological polar surface area (TPSA) is 64.3 Å². The number of rotatable bonds is 2. The molecule has 0 N–H and O–H groups in total. The number of thiazole rings is 1. The van der Waals surface area contributed by atoms with Crippen molar-refractivity contribution in [2.24, 2.45) is 0 Å². The van der Waals surface area contributed by atoms with Crippen LogP contribution in [0.15, 0.2) is 68.7 Å². The third-order valence-electron chi connectivity index (χ3n) is 3.62. The molecule has 2 heterocycles. The summed E-state index contributed by atoms with van der Waals surface area (Å²) in [5, 5.41) is 4.24. The molecule has 0 bridgehead atoms. The summed E-state index contributed by atoms with van der Waals surface area (Å²) in [4.78, 5) is 29.2. The van der Waals surface area contributed by atoms with Crippen molar-refractivity contribution in [2.75, 3.05) is 0 Å². The van der Waals surface area contributed by atoms with Gasteiger partial charge < -0.3 is 0 Å². The molecular weight excluding hydrogens is 402 g/mol. The van der Waals surface area contributed by atoms with E-state index in [0.717, 1.165) is 21.4 Å². The van der Waals surface area contributed by atoms with Crippen molar-refractivity contribution in [3.8, 4) is 11.3 Å². The van der Waals surface area contributed by atoms with Gasteiger partial charge in [-0.1, -0.05) is 75.8 Å². The second kappa shape index (κ2) is 6.34. The molecule has 4 aromatic rings. The Balaban J connectivity index is 1.97. The van der Waals surface area contributed by atoms with Gasteiger partial charge in [0.15, 0.2) is 5.69 Å². The number of hydrogen-bond donors (Lipinski definition) is 0. The Kier molecular flexibility index (Phi) is 4.03. The van der Waals surface area contributed by atoms with Crippen LogP contribution in [0.4, 0.5) is 0 Å². The van der Waals surface area contributed by atoms with Crippen molar-refractivity contribution in [1.29, 1.82) is 0 Å². The lowest BCUT2D eigenvalue weighted by atomic mass is 10.2. The molecule has 2 aromatic carbocycles. The zero-order valence-corrected chi connectivity index (χ0v) is 15.1. The molecule has 0 aliphatic rings. The van der Waals surface area contributed by atoms with Gasteiger partial charge in [-0.2, -0.15) is 14.6 Å². The fourth-order valence-corrected chi connectivity index (χ4v) is 3.71. The lowest BCUT2D eigenvalue weighted by Crippen LogP contribution is -2.26. The maximum absolute atomic E-state index is 12.7. The molecule has 0 spiro atoms. The maximum Gasteiger partial charge on any atom is 0.300 e. The number of hydrogen-bond acceptors (Lipinski definition) is 5. The highest BCUT2D eigenvalue weighted by molar-refractivity contribution is 9.10. The highest BCUT2D eigenvalue weighted by atomic mass is 79.9. The smallest absolute Gasteiger partial charge is 0.266 e. The second-order valence-corrected chi connectivity index (χ2v) is 7.13.